The molecular weight excluding hydrogens is 464 g/mol. The van der Waals surface area contributed by atoms with E-state index >= 15 is 0 Å². The van der Waals surface area contributed by atoms with Gasteiger partial charge in [0.1, 0.15) is 11.7 Å². The third kappa shape index (κ3) is 4.05. The molecule has 4 rings (SSSR count). The van der Waals surface area contributed by atoms with Gasteiger partial charge in [-0.15, -0.1) is 11.8 Å². The molecule has 0 saturated carbocycles. The van der Waals surface area contributed by atoms with Gasteiger partial charge in [-0.3, -0.25) is 19.7 Å². The van der Waals surface area contributed by atoms with Gasteiger partial charge in [-0.2, -0.15) is 0 Å². The molecule has 4 aliphatic rings. The molecule has 4 heterocycles. The number of aliphatic hydroxyl groups is 1. The van der Waals surface area contributed by atoms with Crippen LogP contribution < -0.4 is 16.0 Å². The molecule has 13 heteroatoms. The van der Waals surface area contributed by atoms with Crippen molar-refractivity contribution in [1.29, 1.82) is 0 Å². The summed E-state index contributed by atoms with van der Waals surface area (Å²) in [5.41, 5.74) is -0.0319. The number of aliphatic imine (C=N–C) groups is 1. The first-order valence-corrected chi connectivity index (χ1v) is 12.1. The normalized spacial score (nSPS) is 35.0. The zero-order valence-electron chi connectivity index (χ0n) is 19.4. The lowest BCUT2D eigenvalue weighted by molar-refractivity contribution is -0.163. The van der Waals surface area contributed by atoms with Crippen molar-refractivity contribution in [2.75, 3.05) is 14.1 Å². The molecule has 0 spiro atoms. The van der Waals surface area contributed by atoms with E-state index in [2.05, 4.69) is 20.9 Å². The van der Waals surface area contributed by atoms with Crippen LogP contribution in [-0.2, 0) is 19.2 Å². The molecule has 0 aromatic carbocycles. The van der Waals surface area contributed by atoms with Gasteiger partial charge in [0.2, 0.25) is 17.7 Å². The van der Waals surface area contributed by atoms with Crippen LogP contribution in [0, 0.1) is 11.8 Å². The first-order chi connectivity index (χ1) is 16.0. The van der Waals surface area contributed by atoms with Crippen LogP contribution in [0.25, 0.3) is 0 Å². The predicted molar refractivity (Wildman–Crippen MR) is 123 cm³/mol. The fourth-order valence-electron chi connectivity index (χ4n) is 5.07. The molecule has 12 nitrogen and oxygen atoms in total. The fourth-order valence-corrected chi connectivity index (χ4v) is 6.52. The number of hydrogen-bond donors (Lipinski definition) is 5. The van der Waals surface area contributed by atoms with Crippen LogP contribution in [0.1, 0.15) is 26.7 Å². The Bertz CT molecular complexity index is 967. The maximum Gasteiger partial charge on any atom is 0.353 e. The van der Waals surface area contributed by atoms with E-state index in [-0.39, 0.29) is 40.8 Å². The topological polar surface area (TPSA) is 164 Å². The van der Waals surface area contributed by atoms with Gasteiger partial charge < -0.3 is 30.6 Å². The Kier molecular flexibility index (Phi) is 6.62. The van der Waals surface area contributed by atoms with Crippen LogP contribution in [0.5, 0.6) is 0 Å². The number of aliphatic carboxylic acids is 1. The number of carbonyl (C=O) groups is 4. The van der Waals surface area contributed by atoms with E-state index in [4.69, 9.17) is 0 Å². The lowest BCUT2D eigenvalue weighted by atomic mass is 9.79. The van der Waals surface area contributed by atoms with Crippen LogP contribution in [-0.4, -0.2) is 99.9 Å². The molecule has 0 aromatic heterocycles. The number of β-lactam (4-membered cyclic amide) rings is 1. The molecule has 4 aliphatic heterocycles. The van der Waals surface area contributed by atoms with Crippen LogP contribution in [0.3, 0.4) is 0 Å². The predicted octanol–water partition coefficient (Wildman–Crippen LogP) is -1.52. The van der Waals surface area contributed by atoms with E-state index in [1.165, 1.54) is 27.9 Å². The highest BCUT2D eigenvalue weighted by atomic mass is 32.2. The van der Waals surface area contributed by atoms with Gasteiger partial charge in [-0.05, 0) is 19.8 Å². The van der Waals surface area contributed by atoms with Gasteiger partial charge in [0.25, 0.3) is 0 Å². The highest BCUT2D eigenvalue weighted by Gasteiger charge is 2.60. The van der Waals surface area contributed by atoms with Crippen LogP contribution in [0.4, 0.5) is 0 Å². The van der Waals surface area contributed by atoms with Gasteiger partial charge in [-0.25, -0.2) is 9.79 Å². The van der Waals surface area contributed by atoms with Crippen molar-refractivity contribution < 1.29 is 29.4 Å². The van der Waals surface area contributed by atoms with Gasteiger partial charge in [0, 0.05) is 24.9 Å². The van der Waals surface area contributed by atoms with Gasteiger partial charge in [0.05, 0.1) is 35.8 Å². The molecule has 34 heavy (non-hydrogen) atoms. The fraction of sp³-hybridized carbons (Fsp3) is 0.667. The smallest absolute Gasteiger partial charge is 0.353 e. The van der Waals surface area contributed by atoms with Crippen LogP contribution >= 0.6 is 11.8 Å². The molecule has 2 saturated heterocycles. The van der Waals surface area contributed by atoms with Gasteiger partial charge in [0.15, 0.2) is 6.17 Å². The van der Waals surface area contributed by atoms with E-state index in [0.717, 1.165) is 0 Å². The zero-order chi connectivity index (χ0) is 24.9. The first kappa shape index (κ1) is 24.5. The van der Waals surface area contributed by atoms with Crippen molar-refractivity contribution in [3.05, 3.63) is 10.6 Å². The van der Waals surface area contributed by atoms with Gasteiger partial charge in [-0.1, -0.05) is 6.92 Å². The lowest BCUT2D eigenvalue weighted by Crippen LogP contribution is -2.63. The molecule has 0 bridgehead atoms. The van der Waals surface area contributed by atoms with Crippen molar-refractivity contribution in [2.45, 2.75) is 62.5 Å². The minimum atomic E-state index is -1.18. The second-order valence-corrected chi connectivity index (χ2v) is 10.5. The number of fused-ring (bicyclic) bond motifs is 1. The number of thioether (sulfide) groups is 1. The van der Waals surface area contributed by atoms with E-state index in [0.29, 0.717) is 17.7 Å². The Morgan fingerprint density at radius 3 is 2.65 bits per heavy atom. The molecule has 186 valence electrons. The summed E-state index contributed by atoms with van der Waals surface area (Å²) in [6.45, 7) is 3.41. The number of carbonyl (C=O) groups excluding carboxylic acids is 3. The van der Waals surface area contributed by atoms with Gasteiger partial charge >= 0.3 is 5.97 Å². The maximum atomic E-state index is 12.8. The second kappa shape index (κ2) is 9.19. The summed E-state index contributed by atoms with van der Waals surface area (Å²) in [5, 5.41) is 28.4. The molecule has 3 amide bonds. The summed E-state index contributed by atoms with van der Waals surface area (Å²) in [7, 11) is 3.26. The van der Waals surface area contributed by atoms with Crippen molar-refractivity contribution in [2.24, 2.45) is 16.8 Å². The van der Waals surface area contributed by atoms with E-state index in [1.807, 2.05) is 6.92 Å². The van der Waals surface area contributed by atoms with Crippen LogP contribution in [0.2, 0.25) is 0 Å². The molecule has 0 aliphatic carbocycles. The molecule has 5 N–H and O–H groups in total. The number of rotatable bonds is 7. The number of likely N-dealkylation sites (N-methyl/N-ethyl adjacent to an activating group) is 1. The second-order valence-electron chi connectivity index (χ2n) is 9.28. The Balaban J connectivity index is 1.40. The Labute approximate surface area is 201 Å². The number of nitrogens with zero attached hydrogens (tertiary/aromatic N) is 3. The number of carboxylic acids is 1. The monoisotopic (exact) mass is 494 g/mol. The maximum absolute atomic E-state index is 12.8. The molecule has 0 aromatic rings. The Morgan fingerprint density at radius 1 is 1.32 bits per heavy atom. The highest BCUT2D eigenvalue weighted by Crippen LogP contribution is 2.51. The minimum absolute atomic E-state index is 0.0319. The van der Waals surface area contributed by atoms with Crippen LogP contribution in [0.15, 0.2) is 15.6 Å². The number of aliphatic hydroxyl groups excluding tert-OH is 1. The molecule has 5 unspecified atom stereocenters. The largest absolute Gasteiger partial charge is 0.477 e. The summed E-state index contributed by atoms with van der Waals surface area (Å²) < 4.78 is 0. The number of hydrogen-bond acceptors (Lipinski definition) is 9. The summed E-state index contributed by atoms with van der Waals surface area (Å²) in [6.07, 6.45) is 0.996. The van der Waals surface area contributed by atoms with Crippen molar-refractivity contribution >= 4 is 41.8 Å². The highest BCUT2D eigenvalue weighted by molar-refractivity contribution is 8.03. The molecular formula is C21H30N6O6S. The number of amides is 3. The summed E-state index contributed by atoms with van der Waals surface area (Å²) in [6, 6.07) is -1.56. The minimum Gasteiger partial charge on any atom is -0.477 e. The third-order valence-electron chi connectivity index (χ3n) is 6.80. The average Bonchev–Trinajstić information content (AvgIpc) is 3.46. The first-order valence-electron chi connectivity index (χ1n) is 11.2. The van der Waals surface area contributed by atoms with Crippen molar-refractivity contribution in [3.63, 3.8) is 0 Å². The van der Waals surface area contributed by atoms with Crippen molar-refractivity contribution in [1.82, 2.24) is 25.8 Å². The standard InChI is InChI=1S/C21H30N6O6S/c1-8-14-12(9(2)28)19(30)27(14)15(21(32)33)16(8)34-11-6-5-10(24-11)18(29)25-17-13(22-7-23-17)20(31)26(3)4/h7-14,17,24,28H,5-6H2,1-4H3,(H,22,23)(H,25,29)(H,32,33)/t8?,9-,10+,11+,12?,13?,14?,17?/m1/s1. The Morgan fingerprint density at radius 2 is 2.03 bits per heavy atom. The Hall–Kier alpha value is -2.64. The van der Waals surface area contributed by atoms with Crippen molar-refractivity contribution in [3.8, 4) is 0 Å². The molecule has 0 radical (unpaired) electrons. The zero-order valence-corrected chi connectivity index (χ0v) is 20.2. The third-order valence-corrected chi connectivity index (χ3v) is 8.28. The van der Waals surface area contributed by atoms with E-state index in [1.54, 1.807) is 21.0 Å². The quantitative estimate of drug-likeness (QED) is 0.265. The lowest BCUT2D eigenvalue weighted by Gasteiger charge is -2.46. The average molecular weight is 495 g/mol. The van der Waals surface area contributed by atoms with E-state index < -0.39 is 36.2 Å². The molecule has 2 fully saturated rings. The number of nitrogens with one attached hydrogen (secondary N) is 3. The van der Waals surface area contributed by atoms with E-state index in [9.17, 15) is 29.4 Å². The molecule has 8 atom stereocenters. The summed E-state index contributed by atoms with van der Waals surface area (Å²) in [4.78, 5) is 57.0. The summed E-state index contributed by atoms with van der Waals surface area (Å²) >= 11 is 1.33. The summed E-state index contributed by atoms with van der Waals surface area (Å²) in [5.74, 6) is -2.89. The SMILES string of the molecule is CC1C(S[C@H]2CC[C@@H](C(=O)NC3N=CNC3C(=O)N(C)C)N2)=C(C(=O)O)N2C(=O)C([C@@H](C)O)C12. The number of carboxylic acid groups (broad SMARTS) is 1.